The molecule has 0 aromatic carbocycles. The largest absolute Gasteiger partial charge is 0.369 e. The van der Waals surface area contributed by atoms with Crippen molar-refractivity contribution in [1.82, 2.24) is 14.9 Å². The number of terminal acetylenes is 1. The molecule has 0 radical (unpaired) electrons. The monoisotopic (exact) mass is 234 g/mol. The Morgan fingerprint density at radius 2 is 2.47 bits per heavy atom. The van der Waals surface area contributed by atoms with Crippen LogP contribution in [0.5, 0.6) is 0 Å². The van der Waals surface area contributed by atoms with Crippen LogP contribution in [-0.2, 0) is 11.2 Å². The highest BCUT2D eigenvalue weighted by Crippen LogP contribution is 2.05. The zero-order valence-electron chi connectivity index (χ0n) is 10.1. The number of aryl methyl sites for hydroxylation is 1. The van der Waals surface area contributed by atoms with Crippen LogP contribution in [0.15, 0.2) is 6.20 Å². The summed E-state index contributed by atoms with van der Waals surface area (Å²) in [5.41, 5.74) is 6.41. The van der Waals surface area contributed by atoms with E-state index in [-0.39, 0.29) is 5.91 Å². The number of H-pyrrole nitrogens is 1. The van der Waals surface area contributed by atoms with Crippen LogP contribution in [0.1, 0.15) is 25.5 Å². The molecule has 0 saturated carbocycles. The first-order chi connectivity index (χ1) is 8.17. The average molecular weight is 234 g/mol. The number of rotatable bonds is 6. The number of hydrogen-bond donors (Lipinski definition) is 2. The SMILES string of the molecule is C#CCN(CC)C(=O)CCCc1cnc(N)[nH]1. The van der Waals surface area contributed by atoms with Gasteiger partial charge in [-0.25, -0.2) is 4.98 Å². The van der Waals surface area contributed by atoms with Gasteiger partial charge in [0.25, 0.3) is 0 Å². The highest BCUT2D eigenvalue weighted by molar-refractivity contribution is 5.76. The summed E-state index contributed by atoms with van der Waals surface area (Å²) in [6, 6.07) is 0. The molecule has 3 N–H and O–H groups in total. The van der Waals surface area contributed by atoms with Crippen LogP contribution in [-0.4, -0.2) is 33.9 Å². The summed E-state index contributed by atoms with van der Waals surface area (Å²) in [6.45, 7) is 2.96. The normalized spacial score (nSPS) is 9.88. The van der Waals surface area contributed by atoms with Gasteiger partial charge in [0.2, 0.25) is 5.91 Å². The Bertz CT molecular complexity index is 405. The van der Waals surface area contributed by atoms with Gasteiger partial charge in [-0.15, -0.1) is 6.42 Å². The third kappa shape index (κ3) is 4.19. The molecule has 1 aromatic heterocycles. The summed E-state index contributed by atoms with van der Waals surface area (Å²) in [4.78, 5) is 20.2. The van der Waals surface area contributed by atoms with Crippen LogP contribution < -0.4 is 5.73 Å². The fraction of sp³-hybridized carbons (Fsp3) is 0.500. The van der Waals surface area contributed by atoms with Gasteiger partial charge in [-0.05, 0) is 19.8 Å². The van der Waals surface area contributed by atoms with Crippen LogP contribution in [0.25, 0.3) is 0 Å². The molecule has 0 aliphatic carbocycles. The van der Waals surface area contributed by atoms with Crippen LogP contribution in [0, 0.1) is 12.3 Å². The van der Waals surface area contributed by atoms with Crippen molar-refractivity contribution in [2.24, 2.45) is 0 Å². The van der Waals surface area contributed by atoms with Gasteiger partial charge in [0.1, 0.15) is 0 Å². The van der Waals surface area contributed by atoms with Crippen molar-refractivity contribution >= 4 is 11.9 Å². The molecule has 0 aliphatic rings. The molecule has 1 amide bonds. The zero-order chi connectivity index (χ0) is 12.7. The number of nitrogens with zero attached hydrogens (tertiary/aromatic N) is 2. The van der Waals surface area contributed by atoms with Gasteiger partial charge in [0, 0.05) is 18.7 Å². The van der Waals surface area contributed by atoms with Gasteiger partial charge in [0.15, 0.2) is 5.95 Å². The van der Waals surface area contributed by atoms with Crippen molar-refractivity contribution in [2.75, 3.05) is 18.8 Å². The summed E-state index contributed by atoms with van der Waals surface area (Å²) in [6.07, 6.45) is 8.91. The smallest absolute Gasteiger partial charge is 0.223 e. The molecule has 0 atom stereocenters. The summed E-state index contributed by atoms with van der Waals surface area (Å²) in [5, 5.41) is 0. The molecule has 5 heteroatoms. The fourth-order valence-corrected chi connectivity index (χ4v) is 1.58. The van der Waals surface area contributed by atoms with Gasteiger partial charge in [-0.2, -0.15) is 0 Å². The van der Waals surface area contributed by atoms with Gasteiger partial charge >= 0.3 is 0 Å². The van der Waals surface area contributed by atoms with E-state index in [2.05, 4.69) is 15.9 Å². The predicted molar refractivity (Wildman–Crippen MR) is 67.0 cm³/mol. The fourth-order valence-electron chi connectivity index (χ4n) is 1.58. The van der Waals surface area contributed by atoms with Gasteiger partial charge in [0.05, 0.1) is 12.7 Å². The second-order valence-electron chi connectivity index (χ2n) is 3.76. The van der Waals surface area contributed by atoms with Crippen molar-refractivity contribution in [3.63, 3.8) is 0 Å². The number of amides is 1. The Kier molecular flexibility index (Phi) is 5.08. The molecular formula is C12H18N4O. The lowest BCUT2D eigenvalue weighted by molar-refractivity contribution is -0.130. The van der Waals surface area contributed by atoms with Crippen LogP contribution >= 0.6 is 0 Å². The first-order valence-electron chi connectivity index (χ1n) is 5.68. The van der Waals surface area contributed by atoms with Crippen molar-refractivity contribution < 1.29 is 4.79 Å². The molecule has 5 nitrogen and oxygen atoms in total. The number of carbonyl (C=O) groups is 1. The second-order valence-corrected chi connectivity index (χ2v) is 3.76. The molecule has 0 fully saturated rings. The molecule has 0 bridgehead atoms. The Morgan fingerprint density at radius 1 is 1.71 bits per heavy atom. The Labute approximate surface area is 101 Å². The van der Waals surface area contributed by atoms with Crippen molar-refractivity contribution in [2.45, 2.75) is 26.2 Å². The minimum Gasteiger partial charge on any atom is -0.369 e. The van der Waals surface area contributed by atoms with E-state index in [0.717, 1.165) is 18.5 Å². The minimum atomic E-state index is 0.0953. The lowest BCUT2D eigenvalue weighted by Gasteiger charge is -2.17. The summed E-state index contributed by atoms with van der Waals surface area (Å²) in [5.74, 6) is 2.99. The zero-order valence-corrected chi connectivity index (χ0v) is 10.1. The molecule has 92 valence electrons. The van der Waals surface area contributed by atoms with E-state index in [4.69, 9.17) is 12.2 Å². The third-order valence-corrected chi connectivity index (χ3v) is 2.50. The second kappa shape index (κ2) is 6.59. The maximum Gasteiger partial charge on any atom is 0.223 e. The number of hydrogen-bond acceptors (Lipinski definition) is 3. The number of anilines is 1. The summed E-state index contributed by atoms with van der Waals surface area (Å²) < 4.78 is 0. The van der Waals surface area contributed by atoms with Crippen molar-refractivity contribution in [3.05, 3.63) is 11.9 Å². The number of carbonyl (C=O) groups excluding carboxylic acids is 1. The number of imidazole rings is 1. The number of aromatic nitrogens is 2. The van der Waals surface area contributed by atoms with Gasteiger partial charge in [-0.3, -0.25) is 4.79 Å². The molecule has 17 heavy (non-hydrogen) atoms. The number of nitrogens with one attached hydrogen (secondary N) is 1. The molecule has 1 aromatic rings. The highest BCUT2D eigenvalue weighted by Gasteiger charge is 2.09. The molecule has 0 spiro atoms. The van der Waals surface area contributed by atoms with Gasteiger partial charge < -0.3 is 15.6 Å². The van der Waals surface area contributed by atoms with Crippen LogP contribution in [0.3, 0.4) is 0 Å². The van der Waals surface area contributed by atoms with E-state index in [1.807, 2.05) is 6.92 Å². The molecule has 0 unspecified atom stereocenters. The lowest BCUT2D eigenvalue weighted by atomic mass is 10.2. The first-order valence-corrected chi connectivity index (χ1v) is 5.68. The maximum absolute atomic E-state index is 11.7. The summed E-state index contributed by atoms with van der Waals surface area (Å²) >= 11 is 0. The summed E-state index contributed by atoms with van der Waals surface area (Å²) in [7, 11) is 0. The average Bonchev–Trinajstić information content (AvgIpc) is 2.71. The molecule has 0 saturated heterocycles. The van der Waals surface area contributed by atoms with Crippen molar-refractivity contribution in [3.8, 4) is 12.3 Å². The molecule has 1 heterocycles. The lowest BCUT2D eigenvalue weighted by Crippen LogP contribution is -2.30. The minimum absolute atomic E-state index is 0.0953. The van der Waals surface area contributed by atoms with Gasteiger partial charge in [-0.1, -0.05) is 5.92 Å². The first kappa shape index (κ1) is 13.1. The van der Waals surface area contributed by atoms with Crippen LogP contribution in [0.4, 0.5) is 5.95 Å². The van der Waals surface area contributed by atoms with E-state index in [1.54, 1.807) is 11.1 Å². The predicted octanol–water partition coefficient (Wildman–Crippen LogP) is 0.796. The number of aromatic amines is 1. The van der Waals surface area contributed by atoms with Crippen LogP contribution in [0.2, 0.25) is 0 Å². The molecule has 1 rings (SSSR count). The van der Waals surface area contributed by atoms with E-state index in [1.165, 1.54) is 0 Å². The standard InChI is InChI=1S/C12H18N4O/c1-3-8-16(4-2)11(17)7-5-6-10-9-14-12(13)15-10/h1,9H,4-8H2,2H3,(H3,13,14,15). The Balaban J connectivity index is 2.31. The quantitative estimate of drug-likeness (QED) is 0.715. The topological polar surface area (TPSA) is 75.0 Å². The van der Waals surface area contributed by atoms with E-state index < -0.39 is 0 Å². The third-order valence-electron chi connectivity index (χ3n) is 2.50. The Hall–Kier alpha value is -1.96. The molecule has 0 aliphatic heterocycles. The van der Waals surface area contributed by atoms with E-state index >= 15 is 0 Å². The number of nitrogen functional groups attached to an aromatic ring is 1. The maximum atomic E-state index is 11.7. The van der Waals surface area contributed by atoms with Crippen molar-refractivity contribution in [1.29, 1.82) is 0 Å². The highest BCUT2D eigenvalue weighted by atomic mass is 16.2. The molecular weight excluding hydrogens is 216 g/mol. The Morgan fingerprint density at radius 3 is 3.00 bits per heavy atom. The van der Waals surface area contributed by atoms with E-state index in [9.17, 15) is 4.79 Å². The number of nitrogens with two attached hydrogens (primary N) is 1. The van der Waals surface area contributed by atoms with E-state index in [0.29, 0.717) is 25.5 Å².